The molecule has 2 aromatic rings. The predicted molar refractivity (Wildman–Crippen MR) is 47.2 cm³/mol. The first kappa shape index (κ1) is 7.74. The zero-order chi connectivity index (χ0) is 9.42. The highest BCUT2D eigenvalue weighted by Gasteiger charge is 2.08. The van der Waals surface area contributed by atoms with Crippen molar-refractivity contribution in [1.82, 2.24) is 14.6 Å². The van der Waals surface area contributed by atoms with E-state index in [1.54, 1.807) is 6.33 Å². The van der Waals surface area contributed by atoms with E-state index < -0.39 is 0 Å². The lowest BCUT2D eigenvalue weighted by atomic mass is 10.1. The summed E-state index contributed by atoms with van der Waals surface area (Å²) in [4.78, 5) is 0. The molecule has 0 aliphatic heterocycles. The number of fused-ring (bicyclic) bond motifs is 1. The van der Waals surface area contributed by atoms with Gasteiger partial charge in [0.1, 0.15) is 18.0 Å². The molecule has 13 heavy (non-hydrogen) atoms. The minimum absolute atomic E-state index is 0.600. The van der Waals surface area contributed by atoms with Crippen molar-refractivity contribution in [1.29, 1.82) is 5.26 Å². The van der Waals surface area contributed by atoms with Crippen LogP contribution >= 0.6 is 0 Å². The van der Waals surface area contributed by atoms with Crippen molar-refractivity contribution in [3.63, 3.8) is 0 Å². The van der Waals surface area contributed by atoms with Crippen molar-refractivity contribution in [2.24, 2.45) is 0 Å². The fourth-order valence-corrected chi connectivity index (χ4v) is 1.43. The molecule has 0 aromatic carbocycles. The van der Waals surface area contributed by atoms with Gasteiger partial charge in [-0.25, -0.2) is 0 Å². The van der Waals surface area contributed by atoms with E-state index in [-0.39, 0.29) is 0 Å². The molecule has 64 valence electrons. The number of nitrogens with zero attached hydrogens (tertiary/aromatic N) is 4. The molecule has 0 bridgehead atoms. The van der Waals surface area contributed by atoms with Crippen LogP contribution in [-0.4, -0.2) is 14.6 Å². The van der Waals surface area contributed by atoms with Crippen LogP contribution in [-0.2, 0) is 0 Å². The third-order valence-corrected chi connectivity index (χ3v) is 2.08. The Balaban J connectivity index is 2.99. The lowest BCUT2D eigenvalue weighted by molar-refractivity contribution is 1.06. The van der Waals surface area contributed by atoms with Gasteiger partial charge >= 0.3 is 0 Å². The lowest BCUT2D eigenvalue weighted by Gasteiger charge is -2.02. The van der Waals surface area contributed by atoms with Gasteiger partial charge in [-0.15, -0.1) is 10.2 Å². The van der Waals surface area contributed by atoms with Crippen LogP contribution < -0.4 is 0 Å². The second-order valence-corrected chi connectivity index (χ2v) is 2.98. The summed E-state index contributed by atoms with van der Waals surface area (Å²) < 4.78 is 1.81. The van der Waals surface area contributed by atoms with Crippen molar-refractivity contribution in [2.45, 2.75) is 13.8 Å². The molecule has 0 N–H and O–H groups in total. The van der Waals surface area contributed by atoms with Gasteiger partial charge in [0.2, 0.25) is 0 Å². The summed E-state index contributed by atoms with van der Waals surface area (Å²) in [5.41, 5.74) is 3.22. The number of aromatic nitrogens is 3. The average Bonchev–Trinajstić information content (AvgIpc) is 2.53. The van der Waals surface area contributed by atoms with Crippen LogP contribution in [0.4, 0.5) is 0 Å². The molecule has 2 rings (SSSR count). The highest BCUT2D eigenvalue weighted by atomic mass is 15.2. The molecule has 0 aliphatic rings. The number of rotatable bonds is 0. The third kappa shape index (κ3) is 0.975. The minimum atomic E-state index is 0.600. The summed E-state index contributed by atoms with van der Waals surface area (Å²) in [6.07, 6.45) is 1.62. The van der Waals surface area contributed by atoms with E-state index in [0.29, 0.717) is 11.2 Å². The van der Waals surface area contributed by atoms with Gasteiger partial charge in [-0.2, -0.15) is 5.26 Å². The normalized spacial score (nSPS) is 10.2. The Labute approximate surface area is 75.4 Å². The van der Waals surface area contributed by atoms with E-state index in [1.165, 1.54) is 0 Å². The first-order valence-corrected chi connectivity index (χ1v) is 3.94. The topological polar surface area (TPSA) is 54.0 Å². The maximum Gasteiger partial charge on any atom is 0.179 e. The second-order valence-electron chi connectivity index (χ2n) is 2.98. The summed E-state index contributed by atoms with van der Waals surface area (Å²) in [5.74, 6) is 0. The maximum absolute atomic E-state index is 8.89. The summed E-state index contributed by atoms with van der Waals surface area (Å²) in [6.45, 7) is 3.87. The highest BCUT2D eigenvalue weighted by molar-refractivity contribution is 5.58. The number of hydrogen-bond acceptors (Lipinski definition) is 3. The van der Waals surface area contributed by atoms with Gasteiger partial charge in [0, 0.05) is 5.69 Å². The Kier molecular flexibility index (Phi) is 1.52. The zero-order valence-electron chi connectivity index (χ0n) is 7.44. The molecule has 4 heteroatoms. The standard InChI is InChI=1S/C9H8N4/c1-6-3-7(2)13-5-11-12-9(13)8(6)4-10/h3,5H,1-2H3. The first-order valence-electron chi connectivity index (χ1n) is 3.94. The summed E-state index contributed by atoms with van der Waals surface area (Å²) in [5, 5.41) is 16.6. The second kappa shape index (κ2) is 2.56. The Morgan fingerprint density at radius 3 is 2.92 bits per heavy atom. The summed E-state index contributed by atoms with van der Waals surface area (Å²) in [6, 6.07) is 4.08. The van der Waals surface area contributed by atoms with Crippen molar-refractivity contribution in [3.05, 3.63) is 29.2 Å². The van der Waals surface area contributed by atoms with E-state index >= 15 is 0 Å². The molecular weight excluding hydrogens is 164 g/mol. The fraction of sp³-hybridized carbons (Fsp3) is 0.222. The predicted octanol–water partition coefficient (Wildman–Crippen LogP) is 1.22. The molecule has 0 radical (unpaired) electrons. The van der Waals surface area contributed by atoms with Crippen molar-refractivity contribution in [2.75, 3.05) is 0 Å². The Morgan fingerprint density at radius 1 is 1.46 bits per heavy atom. The van der Waals surface area contributed by atoms with E-state index in [9.17, 15) is 0 Å². The van der Waals surface area contributed by atoms with Crippen LogP contribution in [0.1, 0.15) is 16.8 Å². The van der Waals surface area contributed by atoms with Gasteiger partial charge in [-0.3, -0.25) is 4.40 Å². The van der Waals surface area contributed by atoms with Gasteiger partial charge in [0.05, 0.1) is 0 Å². The number of nitriles is 1. The first-order chi connectivity index (χ1) is 6.24. The highest BCUT2D eigenvalue weighted by Crippen LogP contribution is 2.14. The molecule has 0 amide bonds. The Morgan fingerprint density at radius 2 is 2.23 bits per heavy atom. The molecule has 0 unspecified atom stereocenters. The fourth-order valence-electron chi connectivity index (χ4n) is 1.43. The van der Waals surface area contributed by atoms with E-state index in [0.717, 1.165) is 11.3 Å². The quantitative estimate of drug-likeness (QED) is 0.600. The van der Waals surface area contributed by atoms with E-state index in [4.69, 9.17) is 5.26 Å². The zero-order valence-corrected chi connectivity index (χ0v) is 7.44. The van der Waals surface area contributed by atoms with Crippen molar-refractivity contribution in [3.8, 4) is 6.07 Å². The number of hydrogen-bond donors (Lipinski definition) is 0. The van der Waals surface area contributed by atoms with Gasteiger partial charge in [-0.1, -0.05) is 0 Å². The van der Waals surface area contributed by atoms with Crippen LogP contribution in [0.5, 0.6) is 0 Å². The van der Waals surface area contributed by atoms with E-state index in [1.807, 2.05) is 24.3 Å². The molecule has 0 saturated carbocycles. The Hall–Kier alpha value is -1.89. The smallest absolute Gasteiger partial charge is 0.179 e. The van der Waals surface area contributed by atoms with Gasteiger partial charge in [0.25, 0.3) is 0 Å². The molecule has 0 aliphatic carbocycles. The third-order valence-electron chi connectivity index (χ3n) is 2.08. The molecule has 0 atom stereocenters. The van der Waals surface area contributed by atoms with Crippen LogP contribution in [0.25, 0.3) is 5.65 Å². The van der Waals surface area contributed by atoms with Gasteiger partial charge in [-0.05, 0) is 25.5 Å². The molecule has 0 spiro atoms. The minimum Gasteiger partial charge on any atom is -0.285 e. The monoisotopic (exact) mass is 172 g/mol. The Bertz CT molecular complexity index is 504. The molecule has 2 heterocycles. The average molecular weight is 172 g/mol. The largest absolute Gasteiger partial charge is 0.285 e. The number of aryl methyl sites for hydroxylation is 2. The van der Waals surface area contributed by atoms with E-state index in [2.05, 4.69) is 16.3 Å². The maximum atomic E-state index is 8.89. The molecule has 2 aromatic heterocycles. The SMILES string of the molecule is Cc1cc(C)n2cnnc2c1C#N. The van der Waals surface area contributed by atoms with Crippen LogP contribution in [0.3, 0.4) is 0 Å². The summed E-state index contributed by atoms with van der Waals surface area (Å²) >= 11 is 0. The van der Waals surface area contributed by atoms with Crippen molar-refractivity contribution < 1.29 is 0 Å². The molecular formula is C9H8N4. The van der Waals surface area contributed by atoms with Gasteiger partial charge in [0.15, 0.2) is 5.65 Å². The van der Waals surface area contributed by atoms with Crippen LogP contribution in [0, 0.1) is 25.2 Å². The molecule has 4 nitrogen and oxygen atoms in total. The van der Waals surface area contributed by atoms with Crippen LogP contribution in [0.2, 0.25) is 0 Å². The summed E-state index contributed by atoms with van der Waals surface area (Å²) in [7, 11) is 0. The van der Waals surface area contributed by atoms with Crippen molar-refractivity contribution >= 4 is 5.65 Å². The molecule has 0 saturated heterocycles. The lowest BCUT2D eigenvalue weighted by Crippen LogP contribution is -1.95. The van der Waals surface area contributed by atoms with Gasteiger partial charge < -0.3 is 0 Å². The van der Waals surface area contributed by atoms with Crippen LogP contribution in [0.15, 0.2) is 12.4 Å². The number of pyridine rings is 1. The molecule has 0 fully saturated rings.